The fraction of sp³-hybridized carbons (Fsp3) is 0.381. The molecule has 0 radical (unpaired) electrons. The maximum absolute atomic E-state index is 12.7. The molecule has 164 valence electrons. The van der Waals surface area contributed by atoms with E-state index in [1.165, 1.54) is 20.3 Å². The molecule has 0 aliphatic rings. The summed E-state index contributed by atoms with van der Waals surface area (Å²) in [5, 5.41) is 2.83. The van der Waals surface area contributed by atoms with Gasteiger partial charge in [-0.25, -0.2) is 8.42 Å². The monoisotopic (exact) mass is 436 g/mol. The van der Waals surface area contributed by atoms with Gasteiger partial charge in [-0.05, 0) is 43.7 Å². The Morgan fingerprint density at radius 2 is 1.70 bits per heavy atom. The smallest absolute Gasteiger partial charge is 0.241 e. The normalized spacial score (nSPS) is 12.0. The van der Waals surface area contributed by atoms with E-state index in [2.05, 4.69) is 5.32 Å². The molecule has 0 aliphatic carbocycles. The van der Waals surface area contributed by atoms with Crippen LogP contribution in [0.4, 0.5) is 5.69 Å². The van der Waals surface area contributed by atoms with Crippen LogP contribution >= 0.6 is 0 Å². The third-order valence-corrected chi connectivity index (χ3v) is 5.54. The summed E-state index contributed by atoms with van der Waals surface area (Å²) in [6, 6.07) is 11.8. The molecule has 0 bridgehead atoms. The quantitative estimate of drug-likeness (QED) is 0.616. The van der Waals surface area contributed by atoms with Crippen LogP contribution in [0.5, 0.6) is 17.2 Å². The van der Waals surface area contributed by atoms with Gasteiger partial charge in [-0.2, -0.15) is 0 Å². The number of nitrogens with zero attached hydrogens (tertiary/aromatic N) is 1. The summed E-state index contributed by atoms with van der Waals surface area (Å²) >= 11 is 0. The van der Waals surface area contributed by atoms with Crippen molar-refractivity contribution in [3.8, 4) is 17.2 Å². The van der Waals surface area contributed by atoms with Crippen molar-refractivity contribution in [2.75, 3.05) is 37.9 Å². The minimum atomic E-state index is -3.76. The fourth-order valence-corrected chi connectivity index (χ4v) is 3.74. The molecule has 1 atom stereocenters. The summed E-state index contributed by atoms with van der Waals surface area (Å²) in [6.07, 6.45) is 1.04. The van der Waals surface area contributed by atoms with E-state index in [9.17, 15) is 13.2 Å². The molecule has 30 heavy (non-hydrogen) atoms. The van der Waals surface area contributed by atoms with Crippen LogP contribution in [0.1, 0.15) is 25.5 Å². The second-order valence-electron chi connectivity index (χ2n) is 6.60. The minimum absolute atomic E-state index is 0.225. The van der Waals surface area contributed by atoms with Crippen molar-refractivity contribution in [3.63, 3.8) is 0 Å². The van der Waals surface area contributed by atoms with E-state index < -0.39 is 22.5 Å². The van der Waals surface area contributed by atoms with Crippen LogP contribution < -0.4 is 23.8 Å². The van der Waals surface area contributed by atoms with Gasteiger partial charge in [0.25, 0.3) is 0 Å². The number of ether oxygens (including phenoxy) is 3. The number of methoxy groups -OCH3 is 2. The molecule has 0 aliphatic heterocycles. The summed E-state index contributed by atoms with van der Waals surface area (Å²) in [6.45, 7) is 3.90. The number of hydrogen-bond donors (Lipinski definition) is 1. The first-order chi connectivity index (χ1) is 14.2. The van der Waals surface area contributed by atoms with Crippen molar-refractivity contribution in [2.24, 2.45) is 0 Å². The van der Waals surface area contributed by atoms with Crippen molar-refractivity contribution in [1.82, 2.24) is 5.32 Å². The second-order valence-corrected chi connectivity index (χ2v) is 8.51. The predicted octanol–water partition coefficient (Wildman–Crippen LogP) is 2.75. The number of anilines is 1. The zero-order chi connectivity index (χ0) is 22.3. The largest absolute Gasteiger partial charge is 0.497 e. The lowest BCUT2D eigenvalue weighted by atomic mass is 10.1. The lowest BCUT2D eigenvalue weighted by Gasteiger charge is -2.25. The highest BCUT2D eigenvalue weighted by atomic mass is 32.2. The van der Waals surface area contributed by atoms with Gasteiger partial charge in [0.05, 0.1) is 38.8 Å². The number of benzene rings is 2. The van der Waals surface area contributed by atoms with Gasteiger partial charge in [-0.1, -0.05) is 12.1 Å². The standard InChI is InChI=1S/C21H28N2O6S/c1-6-29-17-9-7-16(8-10-17)15(2)22-21(24)14-23(30(5,25)26)19-13-18(27-3)11-12-20(19)28-4/h7-13,15H,6,14H2,1-5H3,(H,22,24). The number of nitrogens with one attached hydrogen (secondary N) is 1. The molecule has 0 fully saturated rings. The molecule has 8 nitrogen and oxygen atoms in total. The Morgan fingerprint density at radius 1 is 1.07 bits per heavy atom. The molecule has 9 heteroatoms. The first-order valence-corrected chi connectivity index (χ1v) is 11.3. The molecule has 0 saturated heterocycles. The lowest BCUT2D eigenvalue weighted by Crippen LogP contribution is -2.41. The third kappa shape index (κ3) is 6.03. The summed E-state index contributed by atoms with van der Waals surface area (Å²) in [7, 11) is -0.858. The van der Waals surface area contributed by atoms with Crippen molar-refractivity contribution < 1.29 is 27.4 Å². The van der Waals surface area contributed by atoms with Crippen LogP contribution in [0.3, 0.4) is 0 Å². The SMILES string of the molecule is CCOc1ccc(C(C)NC(=O)CN(c2cc(OC)ccc2OC)S(C)(=O)=O)cc1. The van der Waals surface area contributed by atoms with Gasteiger partial charge < -0.3 is 19.5 Å². The van der Waals surface area contributed by atoms with Crippen LogP contribution in [-0.2, 0) is 14.8 Å². The molecular weight excluding hydrogens is 408 g/mol. The first kappa shape index (κ1) is 23.3. The molecule has 0 spiro atoms. The van der Waals surface area contributed by atoms with Crippen LogP contribution in [0.15, 0.2) is 42.5 Å². The van der Waals surface area contributed by atoms with E-state index in [1.807, 2.05) is 38.1 Å². The maximum atomic E-state index is 12.7. The Bertz CT molecular complexity index is 960. The molecule has 0 saturated carbocycles. The fourth-order valence-electron chi connectivity index (χ4n) is 2.89. The number of rotatable bonds is 10. The Kier molecular flexibility index (Phi) is 7.93. The molecular formula is C21H28N2O6S. The van der Waals surface area contributed by atoms with Gasteiger partial charge >= 0.3 is 0 Å². The summed E-state index contributed by atoms with van der Waals surface area (Å²) in [4.78, 5) is 12.7. The summed E-state index contributed by atoms with van der Waals surface area (Å²) in [5.41, 5.74) is 1.10. The molecule has 2 aromatic rings. The number of carbonyl (C=O) groups excluding carboxylic acids is 1. The molecule has 1 unspecified atom stereocenters. The van der Waals surface area contributed by atoms with E-state index in [1.54, 1.807) is 12.1 Å². The number of sulfonamides is 1. The molecule has 2 rings (SSSR count). The van der Waals surface area contributed by atoms with E-state index >= 15 is 0 Å². The zero-order valence-corrected chi connectivity index (χ0v) is 18.7. The Hall–Kier alpha value is -2.94. The highest BCUT2D eigenvalue weighted by Crippen LogP contribution is 2.33. The van der Waals surface area contributed by atoms with E-state index in [-0.39, 0.29) is 11.7 Å². The first-order valence-electron chi connectivity index (χ1n) is 9.41. The topological polar surface area (TPSA) is 94.2 Å². The van der Waals surface area contributed by atoms with Crippen molar-refractivity contribution in [1.29, 1.82) is 0 Å². The minimum Gasteiger partial charge on any atom is -0.497 e. The zero-order valence-electron chi connectivity index (χ0n) is 17.8. The third-order valence-electron chi connectivity index (χ3n) is 4.41. The van der Waals surface area contributed by atoms with Gasteiger partial charge in [0.2, 0.25) is 15.9 Å². The summed E-state index contributed by atoms with van der Waals surface area (Å²) < 4.78 is 41.7. The molecule has 0 heterocycles. The second kappa shape index (κ2) is 10.2. The van der Waals surface area contributed by atoms with Gasteiger partial charge in [-0.15, -0.1) is 0 Å². The summed E-state index contributed by atoms with van der Waals surface area (Å²) in [5.74, 6) is 1.05. The average Bonchev–Trinajstić information content (AvgIpc) is 2.71. The van der Waals surface area contributed by atoms with E-state index in [4.69, 9.17) is 14.2 Å². The highest BCUT2D eigenvalue weighted by molar-refractivity contribution is 7.92. The van der Waals surface area contributed by atoms with Gasteiger partial charge in [0.15, 0.2) is 0 Å². The molecule has 1 amide bonds. The van der Waals surface area contributed by atoms with Crippen molar-refractivity contribution in [3.05, 3.63) is 48.0 Å². The van der Waals surface area contributed by atoms with Crippen LogP contribution in [0.2, 0.25) is 0 Å². The Balaban J connectivity index is 2.20. The van der Waals surface area contributed by atoms with Crippen LogP contribution in [0, 0.1) is 0 Å². The Labute approximate surface area is 177 Å². The van der Waals surface area contributed by atoms with Gasteiger partial charge in [0.1, 0.15) is 23.8 Å². The average molecular weight is 437 g/mol. The van der Waals surface area contributed by atoms with Gasteiger partial charge in [-0.3, -0.25) is 9.10 Å². The molecule has 1 N–H and O–H groups in total. The molecule has 0 aromatic heterocycles. The number of carbonyl (C=O) groups is 1. The maximum Gasteiger partial charge on any atom is 0.241 e. The van der Waals surface area contributed by atoms with Crippen LogP contribution in [0.25, 0.3) is 0 Å². The number of hydrogen-bond acceptors (Lipinski definition) is 6. The lowest BCUT2D eigenvalue weighted by molar-refractivity contribution is -0.120. The van der Waals surface area contributed by atoms with Gasteiger partial charge in [0, 0.05) is 6.07 Å². The van der Waals surface area contributed by atoms with E-state index in [0.717, 1.165) is 21.9 Å². The van der Waals surface area contributed by atoms with Crippen molar-refractivity contribution in [2.45, 2.75) is 19.9 Å². The molecule has 2 aromatic carbocycles. The highest BCUT2D eigenvalue weighted by Gasteiger charge is 2.25. The predicted molar refractivity (Wildman–Crippen MR) is 116 cm³/mol. The number of amides is 1. The Morgan fingerprint density at radius 3 is 2.23 bits per heavy atom. The van der Waals surface area contributed by atoms with Crippen molar-refractivity contribution >= 4 is 21.6 Å². The van der Waals surface area contributed by atoms with Crippen LogP contribution in [-0.4, -0.2) is 48.0 Å². The van der Waals surface area contributed by atoms with E-state index in [0.29, 0.717) is 18.1 Å².